The van der Waals surface area contributed by atoms with Crippen molar-refractivity contribution < 1.29 is 14.3 Å². The second-order valence-electron chi connectivity index (χ2n) is 8.03. The van der Waals surface area contributed by atoms with E-state index in [1.165, 1.54) is 18.5 Å². The summed E-state index contributed by atoms with van der Waals surface area (Å²) in [5, 5.41) is 3.05. The maximum absolute atomic E-state index is 12.7. The van der Waals surface area contributed by atoms with Crippen molar-refractivity contribution in [2.75, 3.05) is 50.6 Å². The number of amides is 1. The second-order valence-corrected chi connectivity index (χ2v) is 8.03. The number of nitrogens with zero attached hydrogens (tertiary/aromatic N) is 2. The summed E-state index contributed by atoms with van der Waals surface area (Å²) in [5.74, 6) is 1.66. The molecule has 0 spiro atoms. The Kier molecular flexibility index (Phi) is 6.43. The number of benzene rings is 2. The fourth-order valence-electron chi connectivity index (χ4n) is 4.58. The molecule has 2 saturated heterocycles. The predicted octanol–water partition coefficient (Wildman–Crippen LogP) is 4.08. The van der Waals surface area contributed by atoms with Crippen LogP contribution in [0.15, 0.2) is 42.5 Å². The van der Waals surface area contributed by atoms with Gasteiger partial charge in [0.1, 0.15) is 11.5 Å². The molecule has 2 aromatic rings. The van der Waals surface area contributed by atoms with Crippen molar-refractivity contribution in [2.24, 2.45) is 0 Å². The summed E-state index contributed by atoms with van der Waals surface area (Å²) in [6.45, 7) is 3.50. The molecule has 2 fully saturated rings. The number of hydrogen-bond acceptors (Lipinski definition) is 5. The van der Waals surface area contributed by atoms with E-state index in [4.69, 9.17) is 9.47 Å². The van der Waals surface area contributed by atoms with E-state index in [1.807, 2.05) is 30.3 Å². The Labute approximate surface area is 178 Å². The van der Waals surface area contributed by atoms with Crippen LogP contribution in [0, 0.1) is 0 Å². The molecule has 160 valence electrons. The van der Waals surface area contributed by atoms with Gasteiger partial charge in [-0.3, -0.25) is 9.69 Å². The van der Waals surface area contributed by atoms with Crippen LogP contribution in [-0.2, 0) is 4.79 Å². The van der Waals surface area contributed by atoms with Gasteiger partial charge in [0.15, 0.2) is 0 Å². The van der Waals surface area contributed by atoms with Crippen LogP contribution in [0.2, 0.25) is 0 Å². The summed E-state index contributed by atoms with van der Waals surface area (Å²) in [6.07, 6.45) is 4.57. The molecule has 0 unspecified atom stereocenters. The molecule has 1 amide bonds. The predicted molar refractivity (Wildman–Crippen MR) is 120 cm³/mol. The van der Waals surface area contributed by atoms with Gasteiger partial charge in [-0.25, -0.2) is 0 Å². The van der Waals surface area contributed by atoms with Crippen LogP contribution >= 0.6 is 0 Å². The molecule has 30 heavy (non-hydrogen) atoms. The van der Waals surface area contributed by atoms with Crippen molar-refractivity contribution in [3.05, 3.63) is 48.0 Å². The van der Waals surface area contributed by atoms with Gasteiger partial charge >= 0.3 is 0 Å². The van der Waals surface area contributed by atoms with Crippen LogP contribution in [0.4, 0.5) is 11.4 Å². The van der Waals surface area contributed by atoms with Gasteiger partial charge < -0.3 is 19.7 Å². The number of carbonyl (C=O) groups excluding carboxylic acids is 1. The van der Waals surface area contributed by atoms with Crippen molar-refractivity contribution in [3.63, 3.8) is 0 Å². The third-order valence-corrected chi connectivity index (χ3v) is 6.13. The summed E-state index contributed by atoms with van der Waals surface area (Å²) in [7, 11) is 3.35. The minimum absolute atomic E-state index is 0.0117. The molecule has 2 aliphatic heterocycles. The van der Waals surface area contributed by atoms with Crippen LogP contribution in [0.25, 0.3) is 0 Å². The quantitative estimate of drug-likeness (QED) is 0.747. The SMILES string of the molecule is COc1ccc(OC)c([C@@H]2CCCN2CC(=O)Nc2ccc(N3CCCC3)cc2)c1. The smallest absolute Gasteiger partial charge is 0.238 e. The third-order valence-electron chi connectivity index (χ3n) is 6.13. The summed E-state index contributed by atoms with van der Waals surface area (Å²) in [6, 6.07) is 14.2. The summed E-state index contributed by atoms with van der Waals surface area (Å²) < 4.78 is 11.0. The van der Waals surface area contributed by atoms with Gasteiger partial charge in [0.2, 0.25) is 5.91 Å². The standard InChI is InChI=1S/C24H31N3O3/c1-29-20-11-12-23(30-2)21(16-20)22-6-5-15-27(22)17-24(28)25-18-7-9-19(10-8-18)26-13-3-4-14-26/h7-12,16,22H,3-6,13-15,17H2,1-2H3,(H,25,28)/t22-/m0/s1. The number of nitrogens with one attached hydrogen (secondary N) is 1. The van der Waals surface area contributed by atoms with Crippen LogP contribution in [-0.4, -0.2) is 51.2 Å². The molecule has 0 aliphatic carbocycles. The molecule has 0 aromatic heterocycles. The molecule has 6 heteroatoms. The largest absolute Gasteiger partial charge is 0.497 e. The fraction of sp³-hybridized carbons (Fsp3) is 0.458. The van der Waals surface area contributed by atoms with Gasteiger partial charge in [0.05, 0.1) is 20.8 Å². The maximum atomic E-state index is 12.7. The van der Waals surface area contributed by atoms with Crippen molar-refractivity contribution in [1.29, 1.82) is 0 Å². The second kappa shape index (κ2) is 9.39. The number of rotatable bonds is 7. The Bertz CT molecular complexity index is 862. The van der Waals surface area contributed by atoms with E-state index >= 15 is 0 Å². The average molecular weight is 410 g/mol. The molecule has 2 aliphatic rings. The fourth-order valence-corrected chi connectivity index (χ4v) is 4.58. The summed E-state index contributed by atoms with van der Waals surface area (Å²) >= 11 is 0. The van der Waals surface area contributed by atoms with Crippen molar-refractivity contribution in [1.82, 2.24) is 4.90 Å². The third kappa shape index (κ3) is 4.54. The minimum atomic E-state index is 0.0117. The number of methoxy groups -OCH3 is 2. The molecule has 1 N–H and O–H groups in total. The summed E-state index contributed by atoms with van der Waals surface area (Å²) in [5.41, 5.74) is 3.16. The summed E-state index contributed by atoms with van der Waals surface area (Å²) in [4.78, 5) is 17.4. The zero-order chi connectivity index (χ0) is 20.9. The van der Waals surface area contributed by atoms with E-state index < -0.39 is 0 Å². The molecular weight excluding hydrogens is 378 g/mol. The van der Waals surface area contributed by atoms with Crippen molar-refractivity contribution >= 4 is 17.3 Å². The number of carbonyl (C=O) groups is 1. The van der Waals surface area contributed by atoms with Crippen LogP contribution < -0.4 is 19.7 Å². The highest BCUT2D eigenvalue weighted by molar-refractivity contribution is 5.92. The maximum Gasteiger partial charge on any atom is 0.238 e. The Hall–Kier alpha value is -2.73. The van der Waals surface area contributed by atoms with Crippen LogP contribution in [0.1, 0.15) is 37.3 Å². The Balaban J connectivity index is 1.40. The Morgan fingerprint density at radius 3 is 2.47 bits per heavy atom. The van der Waals surface area contributed by atoms with Gasteiger partial charge in [-0.15, -0.1) is 0 Å². The zero-order valence-electron chi connectivity index (χ0n) is 17.9. The minimum Gasteiger partial charge on any atom is -0.497 e. The highest BCUT2D eigenvalue weighted by atomic mass is 16.5. The Morgan fingerprint density at radius 1 is 1.00 bits per heavy atom. The van der Waals surface area contributed by atoms with Gasteiger partial charge in [-0.05, 0) is 74.7 Å². The van der Waals surface area contributed by atoms with Gasteiger partial charge in [0, 0.05) is 36.1 Å². The van der Waals surface area contributed by atoms with Crippen molar-refractivity contribution in [2.45, 2.75) is 31.7 Å². The lowest BCUT2D eigenvalue weighted by Gasteiger charge is -2.26. The normalized spacial score (nSPS) is 19.1. The average Bonchev–Trinajstić information content (AvgIpc) is 3.46. The Morgan fingerprint density at radius 2 is 1.77 bits per heavy atom. The molecule has 0 radical (unpaired) electrons. The molecule has 6 nitrogen and oxygen atoms in total. The van der Waals surface area contributed by atoms with Crippen molar-refractivity contribution in [3.8, 4) is 11.5 Å². The van der Waals surface area contributed by atoms with E-state index in [0.717, 1.165) is 55.2 Å². The van der Waals surface area contributed by atoms with E-state index in [2.05, 4.69) is 27.2 Å². The lowest BCUT2D eigenvalue weighted by Crippen LogP contribution is -2.33. The first kappa shape index (κ1) is 20.5. The van der Waals surface area contributed by atoms with Gasteiger partial charge in [-0.2, -0.15) is 0 Å². The highest BCUT2D eigenvalue weighted by Crippen LogP contribution is 2.38. The lowest BCUT2D eigenvalue weighted by atomic mass is 10.0. The van der Waals surface area contributed by atoms with Gasteiger partial charge in [-0.1, -0.05) is 0 Å². The molecule has 4 rings (SSSR count). The first-order valence-corrected chi connectivity index (χ1v) is 10.8. The number of hydrogen-bond donors (Lipinski definition) is 1. The van der Waals surface area contributed by atoms with Crippen LogP contribution in [0.5, 0.6) is 11.5 Å². The first-order chi connectivity index (χ1) is 14.7. The van der Waals surface area contributed by atoms with E-state index in [1.54, 1.807) is 14.2 Å². The van der Waals surface area contributed by atoms with E-state index in [-0.39, 0.29) is 11.9 Å². The van der Waals surface area contributed by atoms with Gasteiger partial charge in [0.25, 0.3) is 0 Å². The molecule has 2 aromatic carbocycles. The molecule has 2 heterocycles. The lowest BCUT2D eigenvalue weighted by molar-refractivity contribution is -0.117. The molecule has 1 atom stereocenters. The first-order valence-electron chi connectivity index (χ1n) is 10.8. The molecular formula is C24H31N3O3. The zero-order valence-corrected chi connectivity index (χ0v) is 17.9. The molecule has 0 saturated carbocycles. The number of anilines is 2. The molecule has 0 bridgehead atoms. The topological polar surface area (TPSA) is 54.0 Å². The highest BCUT2D eigenvalue weighted by Gasteiger charge is 2.30. The number of likely N-dealkylation sites (tertiary alicyclic amines) is 1. The monoisotopic (exact) mass is 409 g/mol. The van der Waals surface area contributed by atoms with Crippen LogP contribution in [0.3, 0.4) is 0 Å². The van der Waals surface area contributed by atoms with E-state index in [0.29, 0.717) is 6.54 Å². The van der Waals surface area contributed by atoms with E-state index in [9.17, 15) is 4.79 Å². The number of ether oxygens (including phenoxy) is 2.